The van der Waals surface area contributed by atoms with E-state index in [1.807, 2.05) is 0 Å². The van der Waals surface area contributed by atoms with Gasteiger partial charge in [-0.3, -0.25) is 0 Å². The number of thiophene rings is 1. The Balaban J connectivity index is 2.15. The number of halogens is 2. The number of nitrogens with one attached hydrogen (secondary N) is 1. The Kier molecular flexibility index (Phi) is 6.15. The van der Waals surface area contributed by atoms with Crippen LogP contribution in [0.15, 0.2) is 13.6 Å². The van der Waals surface area contributed by atoms with Crippen molar-refractivity contribution in [2.24, 2.45) is 5.92 Å². The number of hydrogen-bond donors (Lipinski definition) is 1. The maximum Gasteiger partial charge on any atom is 0.0758 e. The van der Waals surface area contributed by atoms with E-state index in [1.54, 1.807) is 11.3 Å². The lowest BCUT2D eigenvalue weighted by molar-refractivity contribution is 0.0536. The molecular formula is C13H19Br2NOS. The molecular weight excluding hydrogens is 378 g/mol. The Labute approximate surface area is 130 Å². The normalized spacial score (nSPS) is 19.1. The van der Waals surface area contributed by atoms with Crippen molar-refractivity contribution in [1.29, 1.82) is 0 Å². The zero-order valence-corrected chi connectivity index (χ0v) is 14.5. The fourth-order valence-electron chi connectivity index (χ4n) is 2.44. The minimum atomic E-state index is 0.450. The minimum Gasteiger partial charge on any atom is -0.381 e. The summed E-state index contributed by atoms with van der Waals surface area (Å²) in [5.41, 5.74) is 1.40. The average molecular weight is 397 g/mol. The Morgan fingerprint density at radius 3 is 2.72 bits per heavy atom. The smallest absolute Gasteiger partial charge is 0.0758 e. The van der Waals surface area contributed by atoms with Crippen molar-refractivity contribution in [2.75, 3.05) is 19.8 Å². The molecule has 5 heteroatoms. The van der Waals surface area contributed by atoms with Gasteiger partial charge in [-0.25, -0.2) is 0 Å². The van der Waals surface area contributed by atoms with Gasteiger partial charge in [-0.15, -0.1) is 11.3 Å². The molecule has 1 atom stereocenters. The van der Waals surface area contributed by atoms with Gasteiger partial charge in [0.1, 0.15) is 0 Å². The van der Waals surface area contributed by atoms with Crippen molar-refractivity contribution in [2.45, 2.75) is 32.2 Å². The summed E-state index contributed by atoms with van der Waals surface area (Å²) < 4.78 is 7.92. The third-order valence-corrected chi connectivity index (χ3v) is 5.76. The summed E-state index contributed by atoms with van der Waals surface area (Å²) >= 11 is 9.03. The molecule has 2 rings (SSSR count). The SMILES string of the molecule is CCCNC(c1cc(Br)sc1Br)C1CCOCC1. The van der Waals surface area contributed by atoms with E-state index < -0.39 is 0 Å². The van der Waals surface area contributed by atoms with Gasteiger partial charge in [0.2, 0.25) is 0 Å². The molecule has 1 aliphatic heterocycles. The molecule has 2 nitrogen and oxygen atoms in total. The van der Waals surface area contributed by atoms with Crippen LogP contribution >= 0.6 is 43.2 Å². The number of hydrogen-bond acceptors (Lipinski definition) is 3. The van der Waals surface area contributed by atoms with Gasteiger partial charge in [-0.2, -0.15) is 0 Å². The van der Waals surface area contributed by atoms with Gasteiger partial charge in [0.05, 0.1) is 7.57 Å². The van der Waals surface area contributed by atoms with Crippen LogP contribution in [-0.2, 0) is 4.74 Å². The maximum absolute atomic E-state index is 5.48. The van der Waals surface area contributed by atoms with Gasteiger partial charge in [0.15, 0.2) is 0 Å². The molecule has 1 fully saturated rings. The second kappa shape index (κ2) is 7.39. The zero-order valence-electron chi connectivity index (χ0n) is 10.5. The van der Waals surface area contributed by atoms with Gasteiger partial charge in [-0.05, 0) is 75.2 Å². The second-order valence-corrected chi connectivity index (χ2v) is 8.41. The molecule has 0 aliphatic carbocycles. The highest BCUT2D eigenvalue weighted by Gasteiger charge is 2.27. The van der Waals surface area contributed by atoms with E-state index in [4.69, 9.17) is 4.74 Å². The van der Waals surface area contributed by atoms with E-state index in [-0.39, 0.29) is 0 Å². The summed E-state index contributed by atoms with van der Waals surface area (Å²) in [5.74, 6) is 0.683. The van der Waals surface area contributed by atoms with Crippen LogP contribution < -0.4 is 5.32 Å². The molecule has 1 unspecified atom stereocenters. The number of ether oxygens (including phenoxy) is 1. The highest BCUT2D eigenvalue weighted by molar-refractivity contribution is 9.12. The summed E-state index contributed by atoms with van der Waals surface area (Å²) in [5, 5.41) is 3.71. The molecule has 1 aliphatic rings. The summed E-state index contributed by atoms with van der Waals surface area (Å²) in [7, 11) is 0. The standard InChI is InChI=1S/C13H19Br2NOS/c1-2-5-16-12(9-3-6-17-7-4-9)10-8-11(14)18-13(10)15/h8-9,12,16H,2-7H2,1H3. The first-order valence-corrected chi connectivity index (χ1v) is 8.88. The molecule has 1 N–H and O–H groups in total. The molecule has 18 heavy (non-hydrogen) atoms. The molecule has 0 aromatic carbocycles. The third kappa shape index (κ3) is 3.79. The van der Waals surface area contributed by atoms with E-state index in [1.165, 1.54) is 19.6 Å². The first kappa shape index (κ1) is 15.0. The summed E-state index contributed by atoms with van der Waals surface area (Å²) in [6.45, 7) is 5.09. The van der Waals surface area contributed by atoms with E-state index in [9.17, 15) is 0 Å². The van der Waals surface area contributed by atoms with Crippen LogP contribution in [0, 0.1) is 5.92 Å². The molecule has 1 aromatic rings. The fraction of sp³-hybridized carbons (Fsp3) is 0.692. The van der Waals surface area contributed by atoms with Gasteiger partial charge in [0, 0.05) is 19.3 Å². The molecule has 0 amide bonds. The topological polar surface area (TPSA) is 21.3 Å². The zero-order chi connectivity index (χ0) is 13.0. The van der Waals surface area contributed by atoms with E-state index in [2.05, 4.69) is 50.2 Å². The summed E-state index contributed by atoms with van der Waals surface area (Å²) in [6.07, 6.45) is 3.48. The first-order valence-electron chi connectivity index (χ1n) is 6.48. The van der Waals surface area contributed by atoms with Crippen LogP contribution in [0.2, 0.25) is 0 Å². The minimum absolute atomic E-state index is 0.450. The lowest BCUT2D eigenvalue weighted by Gasteiger charge is -2.31. The maximum atomic E-state index is 5.48. The quantitative estimate of drug-likeness (QED) is 0.775. The molecule has 1 aromatic heterocycles. The molecule has 0 bridgehead atoms. The second-order valence-electron chi connectivity index (χ2n) is 4.66. The van der Waals surface area contributed by atoms with E-state index in [0.717, 1.165) is 32.6 Å². The first-order chi connectivity index (χ1) is 8.72. The highest BCUT2D eigenvalue weighted by atomic mass is 79.9. The van der Waals surface area contributed by atoms with Gasteiger partial charge >= 0.3 is 0 Å². The van der Waals surface area contributed by atoms with E-state index in [0.29, 0.717) is 12.0 Å². The van der Waals surface area contributed by atoms with Crippen LogP contribution in [-0.4, -0.2) is 19.8 Å². The molecule has 102 valence electrons. The van der Waals surface area contributed by atoms with Gasteiger partial charge < -0.3 is 10.1 Å². The predicted octanol–water partition coefficient (Wildman–Crippen LogP) is 4.74. The van der Waals surface area contributed by atoms with Crippen LogP contribution in [0.5, 0.6) is 0 Å². The largest absolute Gasteiger partial charge is 0.381 e. The molecule has 0 spiro atoms. The lowest BCUT2D eigenvalue weighted by Crippen LogP contribution is -2.32. The summed E-state index contributed by atoms with van der Waals surface area (Å²) in [4.78, 5) is 0. The fourth-order valence-corrected chi connectivity index (χ4v) is 5.37. The van der Waals surface area contributed by atoms with Crippen molar-refractivity contribution in [1.82, 2.24) is 5.32 Å². The van der Waals surface area contributed by atoms with Gasteiger partial charge in [0.25, 0.3) is 0 Å². The third-order valence-electron chi connectivity index (χ3n) is 3.37. The summed E-state index contributed by atoms with van der Waals surface area (Å²) in [6, 6.07) is 2.70. The predicted molar refractivity (Wildman–Crippen MR) is 84.3 cm³/mol. The molecule has 1 saturated heterocycles. The molecule has 0 saturated carbocycles. The Hall–Kier alpha value is 0.580. The van der Waals surface area contributed by atoms with Crippen LogP contribution in [0.4, 0.5) is 0 Å². The van der Waals surface area contributed by atoms with Crippen molar-refractivity contribution >= 4 is 43.2 Å². The monoisotopic (exact) mass is 395 g/mol. The Bertz CT molecular complexity index is 377. The van der Waals surface area contributed by atoms with Gasteiger partial charge in [-0.1, -0.05) is 6.92 Å². The van der Waals surface area contributed by atoms with Crippen molar-refractivity contribution < 1.29 is 4.74 Å². The number of rotatable bonds is 5. The highest BCUT2D eigenvalue weighted by Crippen LogP contribution is 2.40. The average Bonchev–Trinajstić information content (AvgIpc) is 2.70. The Morgan fingerprint density at radius 1 is 1.44 bits per heavy atom. The molecule has 2 heterocycles. The van der Waals surface area contributed by atoms with Crippen molar-refractivity contribution in [3.63, 3.8) is 0 Å². The van der Waals surface area contributed by atoms with Crippen molar-refractivity contribution in [3.8, 4) is 0 Å². The van der Waals surface area contributed by atoms with Crippen molar-refractivity contribution in [3.05, 3.63) is 19.2 Å². The van der Waals surface area contributed by atoms with Crippen LogP contribution in [0.3, 0.4) is 0 Å². The lowest BCUT2D eigenvalue weighted by atomic mass is 9.88. The van der Waals surface area contributed by atoms with E-state index >= 15 is 0 Å². The van der Waals surface area contributed by atoms with Crippen LogP contribution in [0.1, 0.15) is 37.8 Å². The Morgan fingerprint density at radius 2 is 2.17 bits per heavy atom. The molecule has 0 radical (unpaired) electrons. The van der Waals surface area contributed by atoms with Crippen LogP contribution in [0.25, 0.3) is 0 Å².